The van der Waals surface area contributed by atoms with Gasteiger partial charge in [0.15, 0.2) is 0 Å². The fourth-order valence-corrected chi connectivity index (χ4v) is 3.03. The molecular weight excluding hydrogens is 324 g/mol. The maximum absolute atomic E-state index is 11.9. The highest BCUT2D eigenvalue weighted by atomic mass is 35.5. The Morgan fingerprint density at radius 2 is 1.83 bits per heavy atom. The molecular formula is C19H19ClN2O2. The number of aliphatic hydroxyl groups excluding tert-OH is 1. The molecule has 0 aliphatic carbocycles. The van der Waals surface area contributed by atoms with E-state index in [1.807, 2.05) is 38.1 Å². The lowest BCUT2D eigenvalue weighted by molar-refractivity contribution is 0.100. The van der Waals surface area contributed by atoms with Gasteiger partial charge in [0.1, 0.15) is 0 Å². The second-order valence-electron chi connectivity index (χ2n) is 5.37. The molecule has 0 fully saturated rings. The van der Waals surface area contributed by atoms with Crippen LogP contribution >= 0.6 is 11.6 Å². The summed E-state index contributed by atoms with van der Waals surface area (Å²) < 4.78 is 0. The first-order valence-electron chi connectivity index (χ1n) is 7.38. The topological polar surface area (TPSA) is 76.2 Å². The number of primary amides is 1. The first kappa shape index (κ1) is 17.9. The Morgan fingerprint density at radius 3 is 2.46 bits per heavy atom. The van der Waals surface area contributed by atoms with Gasteiger partial charge in [0.2, 0.25) is 0 Å². The van der Waals surface area contributed by atoms with Crippen molar-refractivity contribution in [2.24, 2.45) is 5.73 Å². The number of hydrogen-bond donors (Lipinski definition) is 2. The van der Waals surface area contributed by atoms with Crippen molar-refractivity contribution in [1.82, 2.24) is 4.98 Å². The monoisotopic (exact) mass is 342 g/mol. The van der Waals surface area contributed by atoms with E-state index in [0.717, 1.165) is 40.3 Å². The Bertz CT molecular complexity index is 907. The number of carbonyl (C=O) groups is 1. The van der Waals surface area contributed by atoms with Crippen LogP contribution in [0.5, 0.6) is 0 Å². The highest BCUT2D eigenvalue weighted by Gasteiger charge is 2.18. The normalized spacial score (nSPS) is 10.2. The molecule has 2 aromatic carbocycles. The van der Waals surface area contributed by atoms with E-state index in [2.05, 4.69) is 11.1 Å². The van der Waals surface area contributed by atoms with Crippen molar-refractivity contribution in [2.45, 2.75) is 13.8 Å². The van der Waals surface area contributed by atoms with Crippen LogP contribution in [0.4, 0.5) is 0 Å². The molecule has 0 saturated heterocycles. The van der Waals surface area contributed by atoms with Crippen LogP contribution in [-0.4, -0.2) is 23.1 Å². The number of halogens is 1. The predicted molar refractivity (Wildman–Crippen MR) is 98.3 cm³/mol. The third-order valence-electron chi connectivity index (χ3n) is 3.71. The van der Waals surface area contributed by atoms with Gasteiger partial charge in [-0.05, 0) is 31.5 Å². The number of hydrogen-bond acceptors (Lipinski definition) is 3. The summed E-state index contributed by atoms with van der Waals surface area (Å²) in [4.78, 5) is 16.3. The van der Waals surface area contributed by atoms with Crippen molar-refractivity contribution in [2.75, 3.05) is 7.11 Å². The molecule has 0 aliphatic heterocycles. The number of nitrogens with zero attached hydrogens (tertiary/aromatic N) is 1. The summed E-state index contributed by atoms with van der Waals surface area (Å²) in [5.74, 6) is -0.511. The highest BCUT2D eigenvalue weighted by Crippen LogP contribution is 2.36. The molecule has 0 spiro atoms. The Morgan fingerprint density at radius 1 is 1.17 bits per heavy atom. The van der Waals surface area contributed by atoms with Gasteiger partial charge < -0.3 is 10.8 Å². The zero-order valence-electron chi connectivity index (χ0n) is 13.8. The van der Waals surface area contributed by atoms with E-state index in [1.54, 1.807) is 6.07 Å². The molecule has 3 aromatic rings. The number of amides is 1. The SMILES string of the molecule is CO.Cc1cc(C)c2ncc(C(N)=O)c(-c3ccccc3Cl)c2c1. The smallest absolute Gasteiger partial charge is 0.250 e. The highest BCUT2D eigenvalue weighted by molar-refractivity contribution is 6.34. The summed E-state index contributed by atoms with van der Waals surface area (Å²) in [5, 5.41) is 8.47. The van der Waals surface area contributed by atoms with E-state index in [-0.39, 0.29) is 0 Å². The minimum atomic E-state index is -0.511. The lowest BCUT2D eigenvalue weighted by Gasteiger charge is -2.14. The summed E-state index contributed by atoms with van der Waals surface area (Å²) in [6.07, 6.45) is 1.53. The number of carbonyl (C=O) groups excluding carboxylic acids is 1. The second kappa shape index (κ2) is 7.43. The maximum Gasteiger partial charge on any atom is 0.250 e. The van der Waals surface area contributed by atoms with Crippen LogP contribution in [-0.2, 0) is 0 Å². The van der Waals surface area contributed by atoms with Crippen molar-refractivity contribution in [1.29, 1.82) is 0 Å². The van der Waals surface area contributed by atoms with Crippen molar-refractivity contribution in [3.8, 4) is 11.1 Å². The quantitative estimate of drug-likeness (QED) is 0.742. The van der Waals surface area contributed by atoms with E-state index < -0.39 is 5.91 Å². The zero-order valence-corrected chi connectivity index (χ0v) is 14.6. The number of nitrogens with two attached hydrogens (primary N) is 1. The molecule has 0 bridgehead atoms. The van der Waals surface area contributed by atoms with Gasteiger partial charge in [-0.2, -0.15) is 0 Å². The molecule has 1 heterocycles. The number of fused-ring (bicyclic) bond motifs is 1. The summed E-state index contributed by atoms with van der Waals surface area (Å²) in [7, 11) is 1.00. The van der Waals surface area contributed by atoms with Gasteiger partial charge >= 0.3 is 0 Å². The van der Waals surface area contributed by atoms with Gasteiger partial charge in [0.05, 0.1) is 11.1 Å². The van der Waals surface area contributed by atoms with E-state index in [0.29, 0.717) is 10.6 Å². The third kappa shape index (κ3) is 3.25. The summed E-state index contributed by atoms with van der Waals surface area (Å²) in [6, 6.07) is 11.5. The van der Waals surface area contributed by atoms with Crippen molar-refractivity contribution >= 4 is 28.4 Å². The Balaban J connectivity index is 0.00000100. The average Bonchev–Trinajstić information content (AvgIpc) is 2.56. The lowest BCUT2D eigenvalue weighted by atomic mass is 9.93. The van der Waals surface area contributed by atoms with Crippen molar-refractivity contribution < 1.29 is 9.90 Å². The van der Waals surface area contributed by atoms with Crippen LogP contribution in [0.1, 0.15) is 21.5 Å². The standard InChI is InChI=1S/C18H15ClN2O.CH4O/c1-10-7-11(2)17-13(8-10)16(14(9-21-17)18(20)22)12-5-3-4-6-15(12)19;1-2/h3-9H,1-2H3,(H2,20,22);2H,1H3. The van der Waals surface area contributed by atoms with Crippen LogP contribution in [0.3, 0.4) is 0 Å². The maximum atomic E-state index is 11.9. The fraction of sp³-hybridized carbons (Fsp3) is 0.158. The van der Waals surface area contributed by atoms with Gasteiger partial charge in [-0.15, -0.1) is 0 Å². The molecule has 5 heteroatoms. The molecule has 24 heavy (non-hydrogen) atoms. The zero-order chi connectivity index (χ0) is 17.9. The average molecular weight is 343 g/mol. The van der Waals surface area contributed by atoms with Crippen LogP contribution in [0.25, 0.3) is 22.0 Å². The van der Waals surface area contributed by atoms with Crippen molar-refractivity contribution in [3.63, 3.8) is 0 Å². The molecule has 4 nitrogen and oxygen atoms in total. The van der Waals surface area contributed by atoms with Crippen molar-refractivity contribution in [3.05, 3.63) is 64.3 Å². The molecule has 0 saturated carbocycles. The largest absolute Gasteiger partial charge is 0.400 e. The van der Waals surface area contributed by atoms with Gasteiger partial charge in [-0.25, -0.2) is 0 Å². The molecule has 0 atom stereocenters. The number of aryl methyl sites for hydroxylation is 2. The van der Waals surface area contributed by atoms with E-state index in [4.69, 9.17) is 22.4 Å². The Kier molecular flexibility index (Phi) is 5.54. The molecule has 124 valence electrons. The molecule has 3 N–H and O–H groups in total. The molecule has 0 aliphatic rings. The molecule has 3 rings (SSSR count). The predicted octanol–water partition coefficient (Wildman–Crippen LogP) is 3.88. The van der Waals surface area contributed by atoms with Crippen LogP contribution in [0.15, 0.2) is 42.6 Å². The number of rotatable bonds is 2. The third-order valence-corrected chi connectivity index (χ3v) is 4.04. The fourth-order valence-electron chi connectivity index (χ4n) is 2.80. The minimum Gasteiger partial charge on any atom is -0.400 e. The van der Waals surface area contributed by atoms with Gasteiger partial charge in [-0.1, -0.05) is 41.4 Å². The van der Waals surface area contributed by atoms with Gasteiger partial charge in [0.25, 0.3) is 5.91 Å². The first-order chi connectivity index (χ1) is 11.5. The Hall–Kier alpha value is -2.43. The van der Waals surface area contributed by atoms with E-state index in [1.165, 1.54) is 6.20 Å². The van der Waals surface area contributed by atoms with E-state index in [9.17, 15) is 4.79 Å². The molecule has 0 unspecified atom stereocenters. The second-order valence-corrected chi connectivity index (χ2v) is 5.78. The summed E-state index contributed by atoms with van der Waals surface area (Å²) in [5.41, 5.74) is 10.5. The number of pyridine rings is 1. The molecule has 1 aromatic heterocycles. The minimum absolute atomic E-state index is 0.380. The van der Waals surface area contributed by atoms with Gasteiger partial charge in [-0.3, -0.25) is 9.78 Å². The first-order valence-corrected chi connectivity index (χ1v) is 7.76. The summed E-state index contributed by atoms with van der Waals surface area (Å²) in [6.45, 7) is 4.02. The lowest BCUT2D eigenvalue weighted by Crippen LogP contribution is -2.13. The number of aliphatic hydroxyl groups is 1. The summed E-state index contributed by atoms with van der Waals surface area (Å²) >= 11 is 6.34. The molecule has 0 radical (unpaired) electrons. The Labute approximate surface area is 145 Å². The number of benzene rings is 2. The van der Waals surface area contributed by atoms with Crippen LogP contribution in [0.2, 0.25) is 5.02 Å². The van der Waals surface area contributed by atoms with Crippen LogP contribution < -0.4 is 5.73 Å². The van der Waals surface area contributed by atoms with Crippen LogP contribution in [0, 0.1) is 13.8 Å². The van der Waals surface area contributed by atoms with Gasteiger partial charge in [0, 0.05) is 34.8 Å². The molecule has 1 amide bonds. The number of aromatic nitrogens is 1. The van der Waals surface area contributed by atoms with E-state index >= 15 is 0 Å².